The predicted molar refractivity (Wildman–Crippen MR) is 99.0 cm³/mol. The number of thiophene rings is 1. The molecule has 0 spiro atoms. The van der Waals surface area contributed by atoms with Crippen LogP contribution >= 0.6 is 11.3 Å². The molecule has 0 unspecified atom stereocenters. The van der Waals surface area contributed by atoms with Crippen molar-refractivity contribution in [1.82, 2.24) is 14.5 Å². The first kappa shape index (κ1) is 17.1. The quantitative estimate of drug-likeness (QED) is 0.779. The molecule has 3 aromatic rings. The molecular weight excluding hydrogens is 336 g/mol. The Kier molecular flexibility index (Phi) is 4.57. The fraction of sp³-hybridized carbons (Fsp3) is 0.278. The molecule has 0 amide bonds. The van der Waals surface area contributed by atoms with Crippen molar-refractivity contribution in [2.45, 2.75) is 19.5 Å². The van der Waals surface area contributed by atoms with Gasteiger partial charge in [-0.05, 0) is 50.2 Å². The van der Waals surface area contributed by atoms with E-state index in [2.05, 4.69) is 22.9 Å². The molecule has 1 atom stereocenters. The summed E-state index contributed by atoms with van der Waals surface area (Å²) in [6.45, 7) is 2.56. The third-order valence-electron chi connectivity index (χ3n) is 4.30. The predicted octanol–water partition coefficient (Wildman–Crippen LogP) is 2.23. The van der Waals surface area contributed by atoms with Gasteiger partial charge in [-0.1, -0.05) is 0 Å². The van der Waals surface area contributed by atoms with Crippen molar-refractivity contribution in [3.05, 3.63) is 66.5 Å². The number of nitriles is 1. The highest BCUT2D eigenvalue weighted by Gasteiger charge is 2.19. The number of likely N-dealkylation sites (N-methyl/N-ethyl adjacent to an activating group) is 1. The molecule has 0 aliphatic carbocycles. The van der Waals surface area contributed by atoms with Crippen LogP contribution in [0.3, 0.4) is 0 Å². The Morgan fingerprint density at radius 1 is 1.36 bits per heavy atom. The van der Waals surface area contributed by atoms with Gasteiger partial charge in [-0.15, -0.1) is 11.3 Å². The van der Waals surface area contributed by atoms with Gasteiger partial charge in [-0.2, -0.15) is 5.26 Å². The first-order valence-electron chi connectivity index (χ1n) is 7.79. The summed E-state index contributed by atoms with van der Waals surface area (Å²) < 4.78 is 1.63. The Balaban J connectivity index is 2.10. The molecule has 3 aromatic heterocycles. The minimum atomic E-state index is -0.479. The molecule has 1 N–H and O–H groups in total. The second kappa shape index (κ2) is 6.67. The van der Waals surface area contributed by atoms with E-state index in [4.69, 9.17) is 5.26 Å². The normalized spacial score (nSPS) is 12.4. The van der Waals surface area contributed by atoms with E-state index in [0.717, 1.165) is 0 Å². The summed E-state index contributed by atoms with van der Waals surface area (Å²) in [5, 5.41) is 11.4. The van der Waals surface area contributed by atoms with E-state index < -0.39 is 5.56 Å². The standard InChI is InChI=1S/C18H18N4O2S/c1-11-5-7-25-16(11)15(21(2)3)10-22-6-4-14-13(18(22)24)8-12(9-19)17(23)20-14/h4-8,15H,10H2,1-3H3,(H,20,23)/t15-/m1/s1. The lowest BCUT2D eigenvalue weighted by Crippen LogP contribution is -2.30. The van der Waals surface area contributed by atoms with Crippen molar-refractivity contribution < 1.29 is 0 Å². The van der Waals surface area contributed by atoms with Crippen LogP contribution in [0.4, 0.5) is 0 Å². The van der Waals surface area contributed by atoms with Gasteiger partial charge in [0.1, 0.15) is 11.6 Å². The Hall–Kier alpha value is -2.69. The molecular formula is C18H18N4O2S. The summed E-state index contributed by atoms with van der Waals surface area (Å²) in [4.78, 5) is 30.5. The molecule has 6 nitrogen and oxygen atoms in total. The van der Waals surface area contributed by atoms with Crippen LogP contribution in [0.1, 0.15) is 22.0 Å². The van der Waals surface area contributed by atoms with Gasteiger partial charge in [0.15, 0.2) is 0 Å². The highest BCUT2D eigenvalue weighted by molar-refractivity contribution is 7.10. The van der Waals surface area contributed by atoms with Crippen LogP contribution in [0.2, 0.25) is 0 Å². The first-order chi connectivity index (χ1) is 11.9. The van der Waals surface area contributed by atoms with Crippen LogP contribution in [0, 0.1) is 18.3 Å². The average Bonchev–Trinajstić information content (AvgIpc) is 2.99. The molecule has 0 bridgehead atoms. The second-order valence-corrected chi connectivity index (χ2v) is 7.12. The molecule has 0 aliphatic heterocycles. The molecule has 0 fully saturated rings. The summed E-state index contributed by atoms with van der Waals surface area (Å²) in [7, 11) is 3.97. The number of nitrogens with one attached hydrogen (secondary N) is 1. The SMILES string of the molecule is Cc1ccsc1[C@@H](Cn1ccc2[nH]c(=O)c(C#N)cc2c1=O)N(C)C. The van der Waals surface area contributed by atoms with Crippen molar-refractivity contribution in [3.63, 3.8) is 0 Å². The zero-order chi connectivity index (χ0) is 18.1. The van der Waals surface area contributed by atoms with E-state index in [0.29, 0.717) is 17.4 Å². The fourth-order valence-electron chi connectivity index (χ4n) is 2.86. The molecule has 0 aromatic carbocycles. The largest absolute Gasteiger partial charge is 0.321 e. The van der Waals surface area contributed by atoms with Gasteiger partial charge in [0.25, 0.3) is 11.1 Å². The number of hydrogen-bond donors (Lipinski definition) is 1. The number of fused-ring (bicyclic) bond motifs is 1. The van der Waals surface area contributed by atoms with E-state index in [-0.39, 0.29) is 17.2 Å². The van der Waals surface area contributed by atoms with E-state index in [1.165, 1.54) is 16.5 Å². The Morgan fingerprint density at radius 2 is 2.12 bits per heavy atom. The maximum atomic E-state index is 12.8. The van der Waals surface area contributed by atoms with Gasteiger partial charge < -0.3 is 14.5 Å². The number of H-pyrrole nitrogens is 1. The molecule has 25 heavy (non-hydrogen) atoms. The molecule has 0 saturated carbocycles. The molecule has 7 heteroatoms. The van der Waals surface area contributed by atoms with Crippen LogP contribution in [0.5, 0.6) is 0 Å². The number of aryl methyl sites for hydroxylation is 1. The van der Waals surface area contributed by atoms with Gasteiger partial charge in [0, 0.05) is 17.6 Å². The Bertz CT molecular complexity index is 1080. The number of aromatic nitrogens is 2. The number of pyridine rings is 2. The summed E-state index contributed by atoms with van der Waals surface area (Å²) in [6.07, 6.45) is 1.69. The number of rotatable bonds is 4. The second-order valence-electron chi connectivity index (χ2n) is 6.17. The van der Waals surface area contributed by atoms with Gasteiger partial charge in [-0.3, -0.25) is 9.59 Å². The van der Waals surface area contributed by atoms with Crippen molar-refractivity contribution in [2.75, 3.05) is 14.1 Å². The van der Waals surface area contributed by atoms with E-state index in [1.807, 2.05) is 25.5 Å². The van der Waals surface area contributed by atoms with Crippen molar-refractivity contribution in [3.8, 4) is 6.07 Å². The number of hydrogen-bond acceptors (Lipinski definition) is 5. The minimum absolute atomic E-state index is 0.0550. The maximum absolute atomic E-state index is 12.8. The summed E-state index contributed by atoms with van der Waals surface area (Å²) in [5.74, 6) is 0. The fourth-order valence-corrected chi connectivity index (χ4v) is 3.97. The summed E-state index contributed by atoms with van der Waals surface area (Å²) in [6, 6.07) is 7.03. The van der Waals surface area contributed by atoms with Crippen molar-refractivity contribution in [1.29, 1.82) is 5.26 Å². The molecule has 0 radical (unpaired) electrons. The first-order valence-corrected chi connectivity index (χ1v) is 8.67. The third kappa shape index (κ3) is 3.14. The minimum Gasteiger partial charge on any atom is -0.321 e. The third-order valence-corrected chi connectivity index (χ3v) is 5.42. The van der Waals surface area contributed by atoms with Crippen LogP contribution in [-0.2, 0) is 6.54 Å². The monoisotopic (exact) mass is 354 g/mol. The molecule has 3 heterocycles. The molecule has 128 valence electrons. The van der Waals surface area contributed by atoms with Gasteiger partial charge >= 0.3 is 0 Å². The topological polar surface area (TPSA) is 81.9 Å². The molecule has 0 saturated heterocycles. The Morgan fingerprint density at radius 3 is 2.72 bits per heavy atom. The zero-order valence-electron chi connectivity index (χ0n) is 14.2. The summed E-state index contributed by atoms with van der Waals surface area (Å²) >= 11 is 1.68. The average molecular weight is 354 g/mol. The van der Waals surface area contributed by atoms with Gasteiger partial charge in [0.05, 0.1) is 16.9 Å². The van der Waals surface area contributed by atoms with Crippen LogP contribution in [0.15, 0.2) is 39.4 Å². The maximum Gasteiger partial charge on any atom is 0.266 e. The molecule has 0 aliphatic rings. The van der Waals surface area contributed by atoms with Gasteiger partial charge in [-0.25, -0.2) is 0 Å². The van der Waals surface area contributed by atoms with Gasteiger partial charge in [0.2, 0.25) is 0 Å². The zero-order valence-corrected chi connectivity index (χ0v) is 15.1. The molecule has 3 rings (SSSR count). The summed E-state index contributed by atoms with van der Waals surface area (Å²) in [5.41, 5.74) is 0.895. The highest BCUT2D eigenvalue weighted by Crippen LogP contribution is 2.28. The van der Waals surface area contributed by atoms with E-state index >= 15 is 0 Å². The number of aromatic amines is 1. The lowest BCUT2D eigenvalue weighted by Gasteiger charge is -2.25. The van der Waals surface area contributed by atoms with E-state index in [9.17, 15) is 9.59 Å². The number of nitrogens with zero attached hydrogens (tertiary/aromatic N) is 3. The van der Waals surface area contributed by atoms with Crippen LogP contribution in [0.25, 0.3) is 10.9 Å². The lowest BCUT2D eigenvalue weighted by atomic mass is 10.1. The van der Waals surface area contributed by atoms with Crippen molar-refractivity contribution >= 4 is 22.2 Å². The van der Waals surface area contributed by atoms with Crippen molar-refractivity contribution in [2.24, 2.45) is 0 Å². The smallest absolute Gasteiger partial charge is 0.266 e. The van der Waals surface area contributed by atoms with E-state index in [1.54, 1.807) is 28.2 Å². The van der Waals surface area contributed by atoms with Crippen LogP contribution in [-0.4, -0.2) is 28.5 Å². The van der Waals surface area contributed by atoms with Crippen LogP contribution < -0.4 is 11.1 Å². The highest BCUT2D eigenvalue weighted by atomic mass is 32.1. The Labute approximate surface area is 148 Å². The lowest BCUT2D eigenvalue weighted by molar-refractivity contribution is 0.270.